The fourth-order valence-corrected chi connectivity index (χ4v) is 7.05. The second-order valence-corrected chi connectivity index (χ2v) is 10.3. The number of hydrogen-bond donors (Lipinski definition) is 1. The van der Waals surface area contributed by atoms with Gasteiger partial charge in [0.2, 0.25) is 5.79 Å². The van der Waals surface area contributed by atoms with E-state index in [2.05, 4.69) is 79.1 Å². The molecule has 5 unspecified atom stereocenters. The van der Waals surface area contributed by atoms with Crippen LogP contribution >= 0.6 is 0 Å². The summed E-state index contributed by atoms with van der Waals surface area (Å²) in [5.74, 6) is -0.535. The highest BCUT2D eigenvalue weighted by molar-refractivity contribution is 6.12. The van der Waals surface area contributed by atoms with Crippen LogP contribution in [0.4, 0.5) is 0 Å². The highest BCUT2D eigenvalue weighted by atomic mass is 16.6. The summed E-state index contributed by atoms with van der Waals surface area (Å²) >= 11 is 0. The molecule has 1 aliphatic carbocycles. The molecule has 172 valence electrons. The van der Waals surface area contributed by atoms with Crippen molar-refractivity contribution < 1.29 is 19.2 Å². The first-order valence-corrected chi connectivity index (χ1v) is 12.2. The van der Waals surface area contributed by atoms with Crippen molar-refractivity contribution in [3.63, 3.8) is 0 Å². The highest BCUT2D eigenvalue weighted by Crippen LogP contribution is 2.60. The predicted molar refractivity (Wildman–Crippen MR) is 136 cm³/mol. The molecule has 0 amide bonds. The van der Waals surface area contributed by atoms with E-state index in [1.807, 2.05) is 6.34 Å². The molecule has 4 aromatic carbocycles. The van der Waals surface area contributed by atoms with Crippen LogP contribution in [0.5, 0.6) is 5.75 Å². The van der Waals surface area contributed by atoms with Gasteiger partial charge in [-0.15, -0.1) is 0 Å². The lowest BCUT2D eigenvalue weighted by atomic mass is 9.80. The molecule has 4 aromatic rings. The number of aryl methyl sites for hydroxylation is 2. The average Bonchev–Trinajstić information content (AvgIpc) is 3.31. The second-order valence-electron chi connectivity index (χ2n) is 10.3. The molecule has 0 aromatic heterocycles. The van der Waals surface area contributed by atoms with E-state index in [-0.39, 0.29) is 24.1 Å². The third kappa shape index (κ3) is 2.26. The van der Waals surface area contributed by atoms with E-state index in [1.165, 1.54) is 33.0 Å². The molecule has 5 nitrogen and oxygen atoms in total. The van der Waals surface area contributed by atoms with Gasteiger partial charge in [-0.25, -0.2) is 4.58 Å². The summed E-state index contributed by atoms with van der Waals surface area (Å²) in [6.45, 7) is 4.34. The molecule has 3 heterocycles. The third-order valence-corrected chi connectivity index (χ3v) is 8.58. The molecule has 0 radical (unpaired) electrons. The molecule has 1 N–H and O–H groups in total. The fourth-order valence-electron chi connectivity index (χ4n) is 7.05. The van der Waals surface area contributed by atoms with E-state index >= 15 is 0 Å². The largest absolute Gasteiger partial charge is 0.446 e. The Labute approximate surface area is 202 Å². The molecule has 1 fully saturated rings. The second kappa shape index (κ2) is 6.36. The fraction of sp³-hybridized carbons (Fsp3) is 0.267. The number of rotatable bonds is 1. The maximum atomic E-state index is 11.6. The van der Waals surface area contributed by atoms with E-state index in [1.54, 1.807) is 7.11 Å². The zero-order valence-electron chi connectivity index (χ0n) is 19.8. The van der Waals surface area contributed by atoms with Gasteiger partial charge in [0.25, 0.3) is 12.6 Å². The first-order valence-electron chi connectivity index (χ1n) is 12.2. The van der Waals surface area contributed by atoms with Crippen molar-refractivity contribution in [2.45, 2.75) is 43.7 Å². The van der Waals surface area contributed by atoms with E-state index in [9.17, 15) is 5.11 Å². The number of ether oxygens (including phenoxy) is 2. The van der Waals surface area contributed by atoms with Crippen LogP contribution in [-0.4, -0.2) is 46.9 Å². The molecule has 8 rings (SSSR count). The van der Waals surface area contributed by atoms with Crippen molar-refractivity contribution in [2.75, 3.05) is 7.11 Å². The van der Waals surface area contributed by atoms with Crippen LogP contribution in [0.15, 0.2) is 65.7 Å². The average molecular weight is 462 g/mol. The number of aliphatic hydroxyl groups is 1. The summed E-state index contributed by atoms with van der Waals surface area (Å²) in [5, 5.41) is 16.3. The molecule has 5 heteroatoms. The highest BCUT2D eigenvalue weighted by Gasteiger charge is 2.75. The molecule has 0 spiro atoms. The molecule has 5 atom stereocenters. The van der Waals surface area contributed by atoms with Gasteiger partial charge in [-0.05, 0) is 57.8 Å². The van der Waals surface area contributed by atoms with Gasteiger partial charge in [0.15, 0.2) is 6.04 Å². The standard InChI is InChI=1S/C30H25N2O3/c1-15-7-6-10-19-22(15)16(2)13-21-23(19)25-28(30(25,33)34-3)32-14-31-29-24(26(21)32)20-12-11-17-8-4-5-9-18(17)27(20)35-29/h4-14,24-25,28-29,33H,1-3H3/q+1. The summed E-state index contributed by atoms with van der Waals surface area (Å²) in [4.78, 5) is 4.84. The number of methoxy groups -OCH3 is 1. The van der Waals surface area contributed by atoms with Crippen LogP contribution in [0.1, 0.15) is 39.7 Å². The molecule has 3 aliphatic heterocycles. The van der Waals surface area contributed by atoms with Crippen molar-refractivity contribution in [3.05, 3.63) is 88.5 Å². The summed E-state index contributed by atoms with van der Waals surface area (Å²) in [5.41, 5.74) is 7.13. The summed E-state index contributed by atoms with van der Waals surface area (Å²) in [7, 11) is 1.60. The quantitative estimate of drug-likeness (QED) is 0.328. The molecular weight excluding hydrogens is 436 g/mol. The van der Waals surface area contributed by atoms with Crippen molar-refractivity contribution in [3.8, 4) is 5.75 Å². The third-order valence-electron chi connectivity index (χ3n) is 8.58. The molecule has 4 aliphatic rings. The van der Waals surface area contributed by atoms with Gasteiger partial charge in [-0.1, -0.05) is 54.6 Å². The van der Waals surface area contributed by atoms with E-state index in [4.69, 9.17) is 14.5 Å². The Morgan fingerprint density at radius 3 is 2.69 bits per heavy atom. The van der Waals surface area contributed by atoms with Crippen LogP contribution < -0.4 is 4.74 Å². The Bertz CT molecular complexity index is 1690. The van der Waals surface area contributed by atoms with Crippen molar-refractivity contribution in [1.29, 1.82) is 0 Å². The van der Waals surface area contributed by atoms with Gasteiger partial charge in [0, 0.05) is 23.6 Å². The zero-order valence-corrected chi connectivity index (χ0v) is 19.8. The Morgan fingerprint density at radius 2 is 1.83 bits per heavy atom. The summed E-state index contributed by atoms with van der Waals surface area (Å²) in [6.07, 6.45) is 1.53. The molecule has 0 saturated heterocycles. The van der Waals surface area contributed by atoms with Gasteiger partial charge in [-0.3, -0.25) is 0 Å². The first-order chi connectivity index (χ1) is 17.0. The molecule has 35 heavy (non-hydrogen) atoms. The van der Waals surface area contributed by atoms with Crippen LogP contribution in [0.25, 0.3) is 21.5 Å². The van der Waals surface area contributed by atoms with Crippen molar-refractivity contribution in [1.82, 2.24) is 0 Å². The monoisotopic (exact) mass is 461 g/mol. The van der Waals surface area contributed by atoms with Crippen molar-refractivity contribution >= 4 is 33.6 Å². The normalized spacial score (nSPS) is 29.4. The van der Waals surface area contributed by atoms with E-state index < -0.39 is 5.79 Å². The Morgan fingerprint density at radius 1 is 1.00 bits per heavy atom. The molecule has 1 saturated carbocycles. The Hall–Kier alpha value is -3.54. The topological polar surface area (TPSA) is 54.1 Å². The van der Waals surface area contributed by atoms with Gasteiger partial charge in [-0.2, -0.15) is 0 Å². The van der Waals surface area contributed by atoms with Gasteiger partial charge in [0.1, 0.15) is 17.4 Å². The number of hydrogen-bond acceptors (Lipinski definition) is 4. The predicted octanol–water partition coefficient (Wildman–Crippen LogP) is 4.77. The lowest BCUT2D eigenvalue weighted by molar-refractivity contribution is -0.444. The van der Waals surface area contributed by atoms with Crippen LogP contribution in [0, 0.1) is 13.8 Å². The number of nitrogens with zero attached hydrogens (tertiary/aromatic N) is 2. The zero-order chi connectivity index (χ0) is 23.6. The Balaban J connectivity index is 1.45. The number of benzene rings is 4. The smallest absolute Gasteiger partial charge is 0.293 e. The van der Waals surface area contributed by atoms with Gasteiger partial charge >= 0.3 is 0 Å². The lowest BCUT2D eigenvalue weighted by Gasteiger charge is -2.26. The number of fused-ring (bicyclic) bond motifs is 13. The first kappa shape index (κ1) is 19.7. The molecular formula is C30H25N2O3+. The minimum absolute atomic E-state index is 0.0531. The van der Waals surface area contributed by atoms with Gasteiger partial charge < -0.3 is 14.6 Å². The lowest BCUT2D eigenvalue weighted by Crippen LogP contribution is -2.41. The van der Waals surface area contributed by atoms with Gasteiger partial charge in [0.05, 0.1) is 5.92 Å². The van der Waals surface area contributed by atoms with Crippen LogP contribution in [0.2, 0.25) is 0 Å². The SMILES string of the molecule is COC1(O)C2c3c(cc(C)c4c(C)cccc34)C3=[N+](C=NC4Oc5c(ccc6ccccc56)C34)C21. The maximum absolute atomic E-state index is 11.6. The van der Waals surface area contributed by atoms with Crippen LogP contribution in [0.3, 0.4) is 0 Å². The van der Waals surface area contributed by atoms with Crippen LogP contribution in [-0.2, 0) is 4.74 Å². The molecule has 0 bridgehead atoms. The summed E-state index contributed by atoms with van der Waals surface area (Å²) < 4.78 is 14.4. The minimum atomic E-state index is -1.26. The van der Waals surface area contributed by atoms with Crippen molar-refractivity contribution in [2.24, 2.45) is 4.99 Å². The van der Waals surface area contributed by atoms with E-state index in [0.29, 0.717) is 0 Å². The summed E-state index contributed by atoms with van der Waals surface area (Å²) in [6, 6.07) is 21.3. The Kier molecular flexibility index (Phi) is 3.59. The maximum Gasteiger partial charge on any atom is 0.293 e. The van der Waals surface area contributed by atoms with E-state index in [0.717, 1.165) is 27.8 Å². The minimum Gasteiger partial charge on any atom is -0.446 e. The number of aliphatic imine (C=N–C) groups is 1.